The lowest BCUT2D eigenvalue weighted by atomic mass is 10.1. The summed E-state index contributed by atoms with van der Waals surface area (Å²) in [6.07, 6.45) is 3.38. The molecule has 0 spiro atoms. The van der Waals surface area contributed by atoms with Gasteiger partial charge in [0, 0.05) is 32.0 Å². The largest absolute Gasteiger partial charge is 0.493 e. The first-order valence-electron chi connectivity index (χ1n) is 11.9. The quantitative estimate of drug-likeness (QED) is 0.327. The van der Waals surface area contributed by atoms with Gasteiger partial charge in [0.25, 0.3) is 11.5 Å². The van der Waals surface area contributed by atoms with E-state index < -0.39 is 15.7 Å². The van der Waals surface area contributed by atoms with Gasteiger partial charge in [0.1, 0.15) is 5.82 Å². The molecule has 4 rings (SSSR count). The highest BCUT2D eigenvalue weighted by atomic mass is 32.2. The fourth-order valence-corrected chi connectivity index (χ4v) is 5.04. The molecule has 11 heteroatoms. The van der Waals surface area contributed by atoms with Crippen molar-refractivity contribution in [1.29, 1.82) is 0 Å². The lowest BCUT2D eigenvalue weighted by Crippen LogP contribution is -2.31. The van der Waals surface area contributed by atoms with E-state index in [-0.39, 0.29) is 29.0 Å². The molecule has 4 aromatic rings. The molecule has 0 unspecified atom stereocenters. The van der Waals surface area contributed by atoms with Gasteiger partial charge in [-0.2, -0.15) is 0 Å². The molecular formula is C27H28N4O6S. The summed E-state index contributed by atoms with van der Waals surface area (Å²) in [5.41, 5.74) is 1.10. The summed E-state index contributed by atoms with van der Waals surface area (Å²) in [6, 6.07) is 15.0. The van der Waals surface area contributed by atoms with Crippen molar-refractivity contribution < 1.29 is 22.7 Å². The molecule has 2 aromatic heterocycles. The number of carbonyl (C=O) groups excluding carboxylic acids is 1. The maximum Gasteiger partial charge on any atom is 0.263 e. The Hall–Kier alpha value is -4.25. The van der Waals surface area contributed by atoms with Crippen LogP contribution in [0.5, 0.6) is 11.5 Å². The first-order valence-corrected chi connectivity index (χ1v) is 13.7. The van der Waals surface area contributed by atoms with Crippen molar-refractivity contribution in [3.8, 4) is 11.5 Å². The molecule has 10 nitrogen and oxygen atoms in total. The number of methoxy groups -OCH3 is 2. The van der Waals surface area contributed by atoms with Crippen molar-refractivity contribution in [3.05, 3.63) is 88.1 Å². The van der Waals surface area contributed by atoms with Crippen molar-refractivity contribution in [1.82, 2.24) is 19.9 Å². The second-order valence-corrected chi connectivity index (χ2v) is 10.6. The molecule has 0 aliphatic heterocycles. The highest BCUT2D eigenvalue weighted by Gasteiger charge is 2.18. The Labute approximate surface area is 220 Å². The topological polar surface area (TPSA) is 129 Å². The highest BCUT2D eigenvalue weighted by Crippen LogP contribution is 2.27. The minimum absolute atomic E-state index is 0.0441. The molecule has 38 heavy (non-hydrogen) atoms. The highest BCUT2D eigenvalue weighted by molar-refractivity contribution is 7.90. The van der Waals surface area contributed by atoms with Gasteiger partial charge in [-0.25, -0.2) is 18.4 Å². The molecule has 1 N–H and O–H groups in total. The molecule has 0 aliphatic rings. The van der Waals surface area contributed by atoms with Crippen LogP contribution in [0.3, 0.4) is 0 Å². The summed E-state index contributed by atoms with van der Waals surface area (Å²) in [5, 5.41) is 3.14. The van der Waals surface area contributed by atoms with Crippen LogP contribution in [0.2, 0.25) is 0 Å². The van der Waals surface area contributed by atoms with E-state index in [1.54, 1.807) is 49.2 Å². The average molecular weight is 537 g/mol. The number of carbonyl (C=O) groups is 1. The summed E-state index contributed by atoms with van der Waals surface area (Å²) >= 11 is 0. The average Bonchev–Trinajstić information content (AvgIpc) is 2.92. The van der Waals surface area contributed by atoms with Crippen LogP contribution in [0.15, 0.2) is 70.5 Å². The molecule has 2 aromatic carbocycles. The Balaban J connectivity index is 1.57. The van der Waals surface area contributed by atoms with Gasteiger partial charge < -0.3 is 14.8 Å². The lowest BCUT2D eigenvalue weighted by molar-refractivity contribution is 0.0950. The molecule has 198 valence electrons. The molecular weight excluding hydrogens is 508 g/mol. The Morgan fingerprint density at radius 3 is 2.50 bits per heavy atom. The summed E-state index contributed by atoms with van der Waals surface area (Å²) in [6.45, 7) is 0.477. The van der Waals surface area contributed by atoms with Crippen molar-refractivity contribution in [3.63, 3.8) is 0 Å². The number of aryl methyl sites for hydroxylation is 1. The van der Waals surface area contributed by atoms with E-state index in [0.717, 1.165) is 11.8 Å². The number of hydrogen-bond acceptors (Lipinski definition) is 8. The van der Waals surface area contributed by atoms with Gasteiger partial charge in [-0.3, -0.25) is 14.2 Å². The number of nitrogens with zero attached hydrogens (tertiary/aromatic N) is 3. The molecule has 0 radical (unpaired) electrons. The fourth-order valence-electron chi connectivity index (χ4n) is 4.16. The Bertz CT molecular complexity index is 1650. The zero-order valence-electron chi connectivity index (χ0n) is 21.3. The number of benzene rings is 2. The lowest BCUT2D eigenvalue weighted by Gasteiger charge is -2.15. The van der Waals surface area contributed by atoms with Gasteiger partial charge in [0.05, 0.1) is 30.1 Å². The van der Waals surface area contributed by atoms with Crippen LogP contribution >= 0.6 is 0 Å². The van der Waals surface area contributed by atoms with Crippen molar-refractivity contribution in [2.75, 3.05) is 27.0 Å². The van der Waals surface area contributed by atoms with Crippen LogP contribution in [-0.4, -0.2) is 55.9 Å². The first-order chi connectivity index (χ1) is 18.2. The third-order valence-electron chi connectivity index (χ3n) is 6.05. The number of rotatable bonds is 10. The normalized spacial score (nSPS) is 11.3. The monoisotopic (exact) mass is 536 g/mol. The number of aromatic nitrogens is 3. The van der Waals surface area contributed by atoms with Crippen molar-refractivity contribution in [2.24, 2.45) is 0 Å². The molecule has 1 amide bonds. The number of hydrogen-bond donors (Lipinski definition) is 1. The van der Waals surface area contributed by atoms with Crippen LogP contribution in [0.4, 0.5) is 0 Å². The van der Waals surface area contributed by atoms with Crippen LogP contribution in [-0.2, 0) is 29.2 Å². The molecule has 0 saturated heterocycles. The minimum Gasteiger partial charge on any atom is -0.493 e. The Kier molecular flexibility index (Phi) is 8.06. The molecule has 0 aliphatic carbocycles. The standard InChI is InChI=1S/C27H28N4O6S/c1-36-21-11-10-18(17-22(21)37-2)13-16-31-24(30-25-20(27(31)33)8-6-14-28-25)12-15-29-26(32)19-7-4-5-9-23(19)38(3,34)35/h4-11,14,17H,12-13,15-16H2,1-3H3,(H,29,32). The van der Waals surface area contributed by atoms with E-state index in [1.165, 1.54) is 12.1 Å². The summed E-state index contributed by atoms with van der Waals surface area (Å²) in [5.74, 6) is 1.14. The molecule has 2 heterocycles. The SMILES string of the molecule is COc1ccc(CCn2c(CCNC(=O)c3ccccc3S(C)(=O)=O)nc3ncccc3c2=O)cc1OC. The van der Waals surface area contributed by atoms with Crippen LogP contribution < -0.4 is 20.3 Å². The van der Waals surface area contributed by atoms with Gasteiger partial charge in [-0.15, -0.1) is 0 Å². The molecule has 0 bridgehead atoms. The van der Waals surface area contributed by atoms with E-state index >= 15 is 0 Å². The number of pyridine rings is 1. The van der Waals surface area contributed by atoms with E-state index in [9.17, 15) is 18.0 Å². The maximum absolute atomic E-state index is 13.4. The zero-order chi connectivity index (χ0) is 27.3. The molecule has 0 saturated carbocycles. The second kappa shape index (κ2) is 11.4. The van der Waals surface area contributed by atoms with Gasteiger partial charge in [0.2, 0.25) is 0 Å². The minimum atomic E-state index is -3.58. The predicted molar refractivity (Wildman–Crippen MR) is 143 cm³/mol. The van der Waals surface area contributed by atoms with E-state index in [0.29, 0.717) is 41.3 Å². The van der Waals surface area contributed by atoms with Crippen LogP contribution in [0.1, 0.15) is 21.7 Å². The second-order valence-electron chi connectivity index (χ2n) is 8.57. The van der Waals surface area contributed by atoms with Gasteiger partial charge in [-0.1, -0.05) is 18.2 Å². The smallest absolute Gasteiger partial charge is 0.263 e. The van der Waals surface area contributed by atoms with Gasteiger partial charge in [-0.05, 0) is 48.4 Å². The van der Waals surface area contributed by atoms with Crippen molar-refractivity contribution >= 4 is 26.8 Å². The fraction of sp³-hybridized carbons (Fsp3) is 0.259. The Morgan fingerprint density at radius 2 is 1.76 bits per heavy atom. The van der Waals surface area contributed by atoms with E-state index in [1.807, 2.05) is 18.2 Å². The Morgan fingerprint density at radius 1 is 1.00 bits per heavy atom. The third-order valence-corrected chi connectivity index (χ3v) is 7.20. The molecule has 0 atom stereocenters. The van der Waals surface area contributed by atoms with Crippen LogP contribution in [0, 0.1) is 0 Å². The number of nitrogens with one attached hydrogen (secondary N) is 1. The maximum atomic E-state index is 13.4. The number of ether oxygens (including phenoxy) is 2. The summed E-state index contributed by atoms with van der Waals surface area (Å²) in [4.78, 5) is 34.9. The van der Waals surface area contributed by atoms with Gasteiger partial charge >= 0.3 is 0 Å². The van der Waals surface area contributed by atoms with E-state index in [4.69, 9.17) is 9.47 Å². The van der Waals surface area contributed by atoms with Gasteiger partial charge in [0.15, 0.2) is 27.0 Å². The van der Waals surface area contributed by atoms with E-state index in [2.05, 4.69) is 15.3 Å². The number of amides is 1. The van der Waals surface area contributed by atoms with Crippen molar-refractivity contribution in [2.45, 2.75) is 24.3 Å². The zero-order valence-corrected chi connectivity index (χ0v) is 22.1. The number of sulfone groups is 1. The van der Waals surface area contributed by atoms with Crippen LogP contribution in [0.25, 0.3) is 11.0 Å². The molecule has 0 fully saturated rings. The summed E-state index contributed by atoms with van der Waals surface area (Å²) < 4.78 is 36.4. The number of fused-ring (bicyclic) bond motifs is 1. The predicted octanol–water partition coefficient (Wildman–Crippen LogP) is 2.43. The third kappa shape index (κ3) is 5.83. The summed E-state index contributed by atoms with van der Waals surface area (Å²) in [7, 11) is -0.451. The first kappa shape index (κ1) is 26.8.